The molecular weight excluding hydrogens is 424 g/mol. The minimum atomic E-state index is -0.407. The van der Waals surface area contributed by atoms with Crippen molar-refractivity contribution in [1.82, 2.24) is 9.97 Å². The molecule has 0 N–H and O–H groups in total. The minimum Gasteiger partial charge on any atom is -0.423 e. The highest BCUT2D eigenvalue weighted by Crippen LogP contribution is 2.37. The second kappa shape index (κ2) is 10.7. The molecule has 6 nitrogen and oxygen atoms in total. The van der Waals surface area contributed by atoms with Gasteiger partial charge in [0.25, 0.3) is 0 Å². The number of rotatable bonds is 6. The summed E-state index contributed by atoms with van der Waals surface area (Å²) >= 11 is 0. The molecule has 0 spiro atoms. The van der Waals surface area contributed by atoms with Crippen molar-refractivity contribution in [2.75, 3.05) is 0 Å². The van der Waals surface area contributed by atoms with Gasteiger partial charge in [-0.15, -0.1) is 0 Å². The molecule has 1 saturated carbocycles. The molecule has 2 aromatic carbocycles. The predicted octanol–water partition coefficient (Wildman–Crippen LogP) is 6.18. The van der Waals surface area contributed by atoms with Crippen molar-refractivity contribution in [3.63, 3.8) is 0 Å². The maximum absolute atomic E-state index is 12.6. The minimum absolute atomic E-state index is 0.00741. The van der Waals surface area contributed by atoms with E-state index in [1.165, 1.54) is 50.3 Å². The zero-order chi connectivity index (χ0) is 23.9. The number of aromatic nitrogens is 2. The van der Waals surface area contributed by atoms with E-state index in [0.717, 1.165) is 5.92 Å². The second-order valence-electron chi connectivity index (χ2n) is 8.72. The van der Waals surface area contributed by atoms with Crippen LogP contribution in [0.3, 0.4) is 0 Å². The molecule has 1 fully saturated rings. The third-order valence-electron chi connectivity index (χ3n) is 6.51. The van der Waals surface area contributed by atoms with Gasteiger partial charge in [-0.25, -0.2) is 14.8 Å². The van der Waals surface area contributed by atoms with Gasteiger partial charge in [0.2, 0.25) is 0 Å². The molecule has 1 aromatic heterocycles. The number of carbonyl (C=O) groups excluding carboxylic acids is 1. The smallest absolute Gasteiger partial charge is 0.343 e. The first-order chi connectivity index (χ1) is 16.6. The van der Waals surface area contributed by atoms with Crippen LogP contribution >= 0.6 is 0 Å². The lowest BCUT2D eigenvalue weighted by Gasteiger charge is -2.28. The Morgan fingerprint density at radius 3 is 2.26 bits per heavy atom. The molecule has 0 unspecified atom stereocenters. The van der Waals surface area contributed by atoms with Crippen LogP contribution in [0.5, 0.6) is 5.75 Å². The van der Waals surface area contributed by atoms with Crippen molar-refractivity contribution < 1.29 is 9.53 Å². The fraction of sp³-hybridized carbons (Fsp3) is 0.321. The highest BCUT2D eigenvalue weighted by molar-refractivity contribution is 5.91. The Bertz CT molecular complexity index is 1230. The van der Waals surface area contributed by atoms with Gasteiger partial charge < -0.3 is 4.74 Å². The summed E-state index contributed by atoms with van der Waals surface area (Å²) in [6.45, 7) is 2.26. The number of benzene rings is 2. The molecule has 1 aliphatic carbocycles. The highest BCUT2D eigenvalue weighted by atomic mass is 16.5. The first-order valence-corrected chi connectivity index (χ1v) is 11.7. The maximum Gasteiger partial charge on any atom is 0.343 e. The Hall–Kier alpha value is -4.03. The van der Waals surface area contributed by atoms with E-state index >= 15 is 0 Å². The fourth-order valence-corrected chi connectivity index (χ4v) is 4.63. The molecule has 1 aliphatic rings. The first-order valence-electron chi connectivity index (χ1n) is 11.7. The molecule has 170 valence electrons. The van der Waals surface area contributed by atoms with Gasteiger partial charge in [0.1, 0.15) is 17.9 Å². The Morgan fingerprint density at radius 1 is 0.971 bits per heavy atom. The van der Waals surface area contributed by atoms with E-state index in [1.54, 1.807) is 24.3 Å². The monoisotopic (exact) mass is 450 g/mol. The molecule has 4 rings (SSSR count). The maximum atomic E-state index is 12.6. The Balaban J connectivity index is 1.38. The van der Waals surface area contributed by atoms with E-state index in [1.807, 2.05) is 24.3 Å². The van der Waals surface area contributed by atoms with Gasteiger partial charge >= 0.3 is 5.97 Å². The lowest BCUT2D eigenvalue weighted by atomic mass is 9.77. The summed E-state index contributed by atoms with van der Waals surface area (Å²) in [5, 5.41) is 18.1. The summed E-state index contributed by atoms with van der Waals surface area (Å²) in [6.07, 6.45) is 9.08. The van der Waals surface area contributed by atoms with Crippen molar-refractivity contribution in [3.8, 4) is 29.1 Å². The lowest BCUT2D eigenvalue weighted by molar-refractivity contribution is 0.0734. The quantitative estimate of drug-likeness (QED) is 0.328. The molecular formula is C28H26N4O2. The molecule has 0 bridgehead atoms. The van der Waals surface area contributed by atoms with Crippen molar-refractivity contribution in [2.45, 2.75) is 51.4 Å². The summed E-state index contributed by atoms with van der Waals surface area (Å²) in [5.74, 6) is 1.46. The Kier molecular flexibility index (Phi) is 7.30. The van der Waals surface area contributed by atoms with Crippen molar-refractivity contribution in [1.29, 1.82) is 10.5 Å². The topological polar surface area (TPSA) is 99.7 Å². The number of carbonyl (C=O) groups is 1. The van der Waals surface area contributed by atoms with Crippen molar-refractivity contribution in [2.24, 2.45) is 5.92 Å². The van der Waals surface area contributed by atoms with Crippen LogP contribution in [-0.2, 0) is 0 Å². The van der Waals surface area contributed by atoms with Crippen molar-refractivity contribution >= 4 is 5.97 Å². The summed E-state index contributed by atoms with van der Waals surface area (Å²) in [7, 11) is 0. The van der Waals surface area contributed by atoms with Crippen molar-refractivity contribution in [3.05, 3.63) is 77.2 Å². The van der Waals surface area contributed by atoms with E-state index in [4.69, 9.17) is 15.3 Å². The number of hydrogen-bond donors (Lipinski definition) is 0. The number of esters is 1. The van der Waals surface area contributed by atoms with E-state index in [-0.39, 0.29) is 11.4 Å². The summed E-state index contributed by atoms with van der Waals surface area (Å²) in [5.41, 5.74) is 2.96. The molecule has 0 amide bonds. The third-order valence-corrected chi connectivity index (χ3v) is 6.51. The Morgan fingerprint density at radius 2 is 1.65 bits per heavy atom. The van der Waals surface area contributed by atoms with Gasteiger partial charge in [0.15, 0.2) is 11.4 Å². The van der Waals surface area contributed by atoms with Crippen LogP contribution in [0.15, 0.2) is 54.7 Å². The second-order valence-corrected chi connectivity index (χ2v) is 8.72. The van der Waals surface area contributed by atoms with Crippen LogP contribution < -0.4 is 4.74 Å². The van der Waals surface area contributed by atoms with Gasteiger partial charge in [0.05, 0.1) is 17.5 Å². The van der Waals surface area contributed by atoms with Gasteiger partial charge in [-0.1, -0.05) is 31.9 Å². The standard InChI is InChI=1S/C28H26N4O2/c1-2-3-19-4-6-20(7-5-19)21-8-10-23(11-9-21)28(33)34-24-14-12-22(13-15-24)27-18-31-25(16-29)26(17-30)32-27/h8-15,18-20H,2-7H2,1H3/t19-,20-. The molecule has 1 heterocycles. The first kappa shape index (κ1) is 23.1. The normalized spacial score (nSPS) is 17.4. The molecule has 6 heteroatoms. The zero-order valence-corrected chi connectivity index (χ0v) is 19.2. The van der Waals surface area contributed by atoms with Crippen LogP contribution in [0.25, 0.3) is 11.3 Å². The predicted molar refractivity (Wildman–Crippen MR) is 128 cm³/mol. The fourth-order valence-electron chi connectivity index (χ4n) is 4.63. The zero-order valence-electron chi connectivity index (χ0n) is 19.2. The summed E-state index contributed by atoms with van der Waals surface area (Å²) in [4.78, 5) is 20.8. The van der Waals surface area contributed by atoms with Crippen LogP contribution in [0.2, 0.25) is 0 Å². The SMILES string of the molecule is CCC[C@H]1CC[C@H](c2ccc(C(=O)Oc3ccc(-c4cnc(C#N)c(C#N)n4)cc3)cc2)CC1. The van der Waals surface area contributed by atoms with Gasteiger partial charge in [-0.05, 0) is 79.5 Å². The van der Waals surface area contributed by atoms with Crippen LogP contribution in [0.1, 0.15) is 78.7 Å². The number of ether oxygens (including phenoxy) is 1. The van der Waals surface area contributed by atoms with E-state index < -0.39 is 5.97 Å². The molecule has 0 radical (unpaired) electrons. The average molecular weight is 451 g/mol. The molecule has 34 heavy (non-hydrogen) atoms. The number of nitriles is 2. The summed E-state index contributed by atoms with van der Waals surface area (Å²) in [6, 6.07) is 18.3. The van der Waals surface area contributed by atoms with Crippen LogP contribution in [0, 0.1) is 28.6 Å². The molecule has 3 aromatic rings. The number of hydrogen-bond acceptors (Lipinski definition) is 6. The highest BCUT2D eigenvalue weighted by Gasteiger charge is 2.22. The number of nitrogens with zero attached hydrogens (tertiary/aromatic N) is 4. The van der Waals surface area contributed by atoms with Gasteiger partial charge in [-0.3, -0.25) is 0 Å². The van der Waals surface area contributed by atoms with Gasteiger partial charge in [-0.2, -0.15) is 10.5 Å². The molecule has 0 saturated heterocycles. The van der Waals surface area contributed by atoms with Gasteiger partial charge in [0, 0.05) is 5.56 Å². The third kappa shape index (κ3) is 5.30. The molecule has 0 aliphatic heterocycles. The van der Waals surface area contributed by atoms with E-state index in [9.17, 15) is 4.79 Å². The lowest BCUT2D eigenvalue weighted by Crippen LogP contribution is -2.13. The van der Waals surface area contributed by atoms with E-state index in [2.05, 4.69) is 29.0 Å². The molecule has 0 atom stereocenters. The summed E-state index contributed by atoms with van der Waals surface area (Å²) < 4.78 is 5.53. The van der Waals surface area contributed by atoms with Crippen LogP contribution in [-0.4, -0.2) is 15.9 Å². The van der Waals surface area contributed by atoms with E-state index in [0.29, 0.717) is 28.5 Å². The van der Waals surface area contributed by atoms with Crippen LogP contribution in [0.4, 0.5) is 0 Å². The average Bonchev–Trinajstić information content (AvgIpc) is 2.89. The Labute approximate surface area is 199 Å². The largest absolute Gasteiger partial charge is 0.423 e.